The number of halogens is 3. The summed E-state index contributed by atoms with van der Waals surface area (Å²) in [6.45, 7) is 2.08. The molecule has 2 aliphatic rings. The molecule has 0 fully saturated rings. The van der Waals surface area contributed by atoms with Crippen LogP contribution < -0.4 is 4.74 Å². The lowest BCUT2D eigenvalue weighted by molar-refractivity contribution is -0.0189. The van der Waals surface area contributed by atoms with Crippen LogP contribution in [-0.2, 0) is 0 Å². The highest BCUT2D eigenvalue weighted by Crippen LogP contribution is 2.50. The summed E-state index contributed by atoms with van der Waals surface area (Å²) in [5.41, 5.74) is 5.26. The molecular weight excluding hydrogens is 427 g/mol. The van der Waals surface area contributed by atoms with E-state index in [2.05, 4.69) is 31.2 Å². The van der Waals surface area contributed by atoms with Crippen molar-refractivity contribution in [3.05, 3.63) is 98.0 Å². The molecule has 0 saturated heterocycles. The van der Waals surface area contributed by atoms with E-state index in [1.54, 1.807) is 6.07 Å². The fourth-order valence-corrected chi connectivity index (χ4v) is 4.56. The van der Waals surface area contributed by atoms with Gasteiger partial charge in [-0.1, -0.05) is 76.8 Å². The van der Waals surface area contributed by atoms with Crippen molar-refractivity contribution in [1.29, 1.82) is 0 Å². The fraction of sp³-hybridized carbons (Fsp3) is 0.174. The summed E-state index contributed by atoms with van der Waals surface area (Å²) in [6.07, 6.45) is 0.353. The summed E-state index contributed by atoms with van der Waals surface area (Å²) >= 11 is 18.9. The Hall–Kier alpha value is -2.20. The standard InChI is InChI=1S/C23H17Cl3N2O/c1-13-2-4-14(5-3-13)20-12-21-18-10-17(25)11-19(26)22(18)29-23(28(21)27-20)15-6-8-16(24)9-7-15/h2-11,21,23H,12H2,1H3/t21-,23+/m0/s1. The van der Waals surface area contributed by atoms with Gasteiger partial charge in [0.1, 0.15) is 5.75 Å². The van der Waals surface area contributed by atoms with Crippen LogP contribution in [0.2, 0.25) is 15.1 Å². The Kier molecular flexibility index (Phi) is 4.70. The zero-order valence-electron chi connectivity index (χ0n) is 15.6. The number of ether oxygens (including phenoxy) is 1. The molecule has 2 heterocycles. The summed E-state index contributed by atoms with van der Waals surface area (Å²) in [6, 6.07) is 19.7. The average Bonchev–Trinajstić information content (AvgIpc) is 3.14. The molecule has 3 aromatic carbocycles. The molecule has 2 aliphatic heterocycles. The van der Waals surface area contributed by atoms with Crippen LogP contribution >= 0.6 is 34.8 Å². The maximum absolute atomic E-state index is 6.50. The van der Waals surface area contributed by atoms with Gasteiger partial charge in [-0.05, 0) is 36.8 Å². The Morgan fingerprint density at radius 2 is 1.66 bits per heavy atom. The molecule has 0 aliphatic carbocycles. The first kappa shape index (κ1) is 18.8. The minimum atomic E-state index is -0.397. The van der Waals surface area contributed by atoms with Crippen LogP contribution in [0.3, 0.4) is 0 Å². The van der Waals surface area contributed by atoms with Crippen LogP contribution in [0, 0.1) is 6.92 Å². The van der Waals surface area contributed by atoms with E-state index in [-0.39, 0.29) is 6.04 Å². The monoisotopic (exact) mass is 442 g/mol. The smallest absolute Gasteiger partial charge is 0.213 e. The van der Waals surface area contributed by atoms with Crippen molar-refractivity contribution in [3.63, 3.8) is 0 Å². The number of aryl methyl sites for hydroxylation is 1. The number of hydrogen-bond donors (Lipinski definition) is 0. The first-order valence-electron chi connectivity index (χ1n) is 9.33. The van der Waals surface area contributed by atoms with Crippen LogP contribution in [0.15, 0.2) is 65.8 Å². The maximum atomic E-state index is 6.50. The van der Waals surface area contributed by atoms with Crippen molar-refractivity contribution < 1.29 is 4.74 Å². The maximum Gasteiger partial charge on any atom is 0.213 e. The van der Waals surface area contributed by atoms with Crippen molar-refractivity contribution >= 4 is 40.5 Å². The highest BCUT2D eigenvalue weighted by atomic mass is 35.5. The second-order valence-electron chi connectivity index (χ2n) is 7.34. The quantitative estimate of drug-likeness (QED) is 0.418. The lowest BCUT2D eigenvalue weighted by Gasteiger charge is -2.38. The molecule has 0 unspecified atom stereocenters. The first-order valence-corrected chi connectivity index (χ1v) is 10.5. The normalized spacial score (nSPS) is 20.0. The molecule has 0 radical (unpaired) electrons. The number of rotatable bonds is 2. The Balaban J connectivity index is 1.62. The van der Waals surface area contributed by atoms with Crippen LogP contribution in [-0.4, -0.2) is 10.7 Å². The third kappa shape index (κ3) is 3.38. The van der Waals surface area contributed by atoms with Gasteiger partial charge in [-0.2, -0.15) is 5.10 Å². The summed E-state index contributed by atoms with van der Waals surface area (Å²) in [5.74, 6) is 0.664. The van der Waals surface area contributed by atoms with Gasteiger partial charge in [0.15, 0.2) is 0 Å². The van der Waals surface area contributed by atoms with Gasteiger partial charge < -0.3 is 4.74 Å². The van der Waals surface area contributed by atoms with E-state index in [4.69, 9.17) is 44.6 Å². The third-order valence-corrected chi connectivity index (χ3v) is 6.10. The van der Waals surface area contributed by atoms with Gasteiger partial charge in [-0.3, -0.25) is 0 Å². The van der Waals surface area contributed by atoms with Crippen LogP contribution in [0.25, 0.3) is 0 Å². The van der Waals surface area contributed by atoms with Gasteiger partial charge in [0.05, 0.1) is 16.8 Å². The predicted octanol–water partition coefficient (Wildman–Crippen LogP) is 7.20. The summed E-state index contributed by atoms with van der Waals surface area (Å²) in [7, 11) is 0. The van der Waals surface area contributed by atoms with Gasteiger partial charge >= 0.3 is 0 Å². The molecule has 0 amide bonds. The summed E-state index contributed by atoms with van der Waals surface area (Å²) in [4.78, 5) is 0. The number of hydrazone groups is 1. The zero-order valence-corrected chi connectivity index (χ0v) is 17.8. The van der Waals surface area contributed by atoms with Crippen LogP contribution in [0.4, 0.5) is 0 Å². The van der Waals surface area contributed by atoms with E-state index in [1.165, 1.54) is 5.56 Å². The van der Waals surface area contributed by atoms with Crippen LogP contribution in [0.5, 0.6) is 5.75 Å². The molecule has 2 atom stereocenters. The number of benzene rings is 3. The number of fused-ring (bicyclic) bond motifs is 3. The molecule has 0 aromatic heterocycles. The largest absolute Gasteiger partial charge is 0.463 e. The van der Waals surface area contributed by atoms with E-state index in [0.717, 1.165) is 28.8 Å². The van der Waals surface area contributed by atoms with Crippen molar-refractivity contribution in [2.45, 2.75) is 25.6 Å². The van der Waals surface area contributed by atoms with E-state index in [1.807, 2.05) is 35.3 Å². The third-order valence-electron chi connectivity index (χ3n) is 5.35. The SMILES string of the molecule is Cc1ccc(C2=NN3[C@@H](c4ccc(Cl)cc4)Oc4c(Cl)cc(Cl)cc4[C@@H]3C2)cc1. The summed E-state index contributed by atoms with van der Waals surface area (Å²) < 4.78 is 6.35. The Bertz CT molecular complexity index is 1110. The van der Waals surface area contributed by atoms with Gasteiger partial charge in [-0.25, -0.2) is 5.01 Å². The summed E-state index contributed by atoms with van der Waals surface area (Å²) in [5, 5.41) is 8.74. The molecule has 146 valence electrons. The van der Waals surface area contributed by atoms with E-state index in [0.29, 0.717) is 20.8 Å². The first-order chi connectivity index (χ1) is 14.0. The lowest BCUT2D eigenvalue weighted by atomic mass is 9.95. The number of nitrogens with zero attached hydrogens (tertiary/aromatic N) is 2. The van der Waals surface area contributed by atoms with Gasteiger partial charge in [0.25, 0.3) is 0 Å². The molecule has 0 saturated carbocycles. The Labute approximate surface area is 184 Å². The van der Waals surface area contributed by atoms with Crippen molar-refractivity contribution in [3.8, 4) is 5.75 Å². The second-order valence-corrected chi connectivity index (χ2v) is 8.62. The van der Waals surface area contributed by atoms with Crippen molar-refractivity contribution in [2.24, 2.45) is 5.10 Å². The molecular formula is C23H17Cl3N2O. The van der Waals surface area contributed by atoms with Crippen LogP contribution in [0.1, 0.15) is 40.9 Å². The Morgan fingerprint density at radius 3 is 2.38 bits per heavy atom. The van der Waals surface area contributed by atoms with Crippen molar-refractivity contribution in [2.75, 3.05) is 0 Å². The van der Waals surface area contributed by atoms with E-state index < -0.39 is 6.23 Å². The fourth-order valence-electron chi connectivity index (χ4n) is 3.88. The molecule has 3 aromatic rings. The molecule has 3 nitrogen and oxygen atoms in total. The molecule has 29 heavy (non-hydrogen) atoms. The topological polar surface area (TPSA) is 24.8 Å². The number of hydrogen-bond acceptors (Lipinski definition) is 3. The highest BCUT2D eigenvalue weighted by Gasteiger charge is 2.42. The van der Waals surface area contributed by atoms with Gasteiger partial charge in [-0.15, -0.1) is 0 Å². The van der Waals surface area contributed by atoms with Crippen molar-refractivity contribution in [1.82, 2.24) is 5.01 Å². The second kappa shape index (κ2) is 7.24. The molecule has 0 N–H and O–H groups in total. The lowest BCUT2D eigenvalue weighted by Crippen LogP contribution is -2.33. The predicted molar refractivity (Wildman–Crippen MR) is 118 cm³/mol. The molecule has 0 bridgehead atoms. The molecule has 5 rings (SSSR count). The molecule has 6 heteroatoms. The minimum absolute atomic E-state index is 0.00747. The minimum Gasteiger partial charge on any atom is -0.463 e. The van der Waals surface area contributed by atoms with Gasteiger partial charge in [0, 0.05) is 27.6 Å². The molecule has 0 spiro atoms. The average molecular weight is 444 g/mol. The van der Waals surface area contributed by atoms with E-state index in [9.17, 15) is 0 Å². The highest BCUT2D eigenvalue weighted by molar-refractivity contribution is 6.35. The van der Waals surface area contributed by atoms with E-state index >= 15 is 0 Å². The van der Waals surface area contributed by atoms with Gasteiger partial charge in [0.2, 0.25) is 6.23 Å². The zero-order chi connectivity index (χ0) is 20.1. The Morgan fingerprint density at radius 1 is 0.931 bits per heavy atom.